The first-order valence-corrected chi connectivity index (χ1v) is 7.43. The van der Waals surface area contributed by atoms with E-state index in [1.54, 1.807) is 24.3 Å². The van der Waals surface area contributed by atoms with E-state index in [0.717, 1.165) is 11.8 Å². The monoisotopic (exact) mass is 348 g/mol. The molecule has 0 aliphatic rings. The number of carbonyl (C=O) groups is 2. The summed E-state index contributed by atoms with van der Waals surface area (Å²) in [4.78, 5) is 25.8. The van der Waals surface area contributed by atoms with Crippen molar-refractivity contribution >= 4 is 12.4 Å². The Kier molecular flexibility index (Phi) is 6.55. The van der Waals surface area contributed by atoms with Crippen LogP contribution in [0.5, 0.6) is 0 Å². The van der Waals surface area contributed by atoms with Crippen molar-refractivity contribution in [1.82, 2.24) is 10.3 Å². The number of halogens is 1. The highest BCUT2D eigenvalue weighted by Crippen LogP contribution is 2.21. The predicted octanol–water partition coefficient (Wildman–Crippen LogP) is 1.35. The summed E-state index contributed by atoms with van der Waals surface area (Å²) in [6, 6.07) is 10.2. The predicted molar refractivity (Wildman–Crippen MR) is 85.2 cm³/mol. The van der Waals surface area contributed by atoms with Gasteiger partial charge in [-0.05, 0) is 17.2 Å². The van der Waals surface area contributed by atoms with Gasteiger partial charge in [-0.25, -0.2) is 9.78 Å². The molecular weight excluding hydrogens is 331 g/mol. The van der Waals surface area contributed by atoms with Crippen molar-refractivity contribution in [2.24, 2.45) is 0 Å². The Morgan fingerprint density at radius 3 is 2.68 bits per heavy atom. The molecule has 0 bridgehead atoms. The SMILES string of the molecule is O=Cc1c(C(O)C(O)CNC(=O)OCc2ccccc2)ccnc1F. The van der Waals surface area contributed by atoms with Crippen molar-refractivity contribution in [1.29, 1.82) is 0 Å². The Balaban J connectivity index is 1.87. The number of amides is 1. The molecule has 1 aromatic heterocycles. The Bertz CT molecular complexity index is 726. The molecule has 2 unspecified atom stereocenters. The number of ether oxygens (including phenoxy) is 1. The maximum atomic E-state index is 13.4. The third-order valence-corrected chi connectivity index (χ3v) is 3.44. The van der Waals surface area contributed by atoms with Gasteiger partial charge in [0.1, 0.15) is 18.8 Å². The van der Waals surface area contributed by atoms with Gasteiger partial charge < -0.3 is 20.3 Å². The van der Waals surface area contributed by atoms with Crippen LogP contribution in [0.4, 0.5) is 9.18 Å². The molecule has 3 N–H and O–H groups in total. The number of rotatable bonds is 7. The number of pyridine rings is 1. The summed E-state index contributed by atoms with van der Waals surface area (Å²) in [7, 11) is 0. The lowest BCUT2D eigenvalue weighted by Gasteiger charge is -2.19. The first-order valence-electron chi connectivity index (χ1n) is 7.43. The van der Waals surface area contributed by atoms with Crippen molar-refractivity contribution in [3.63, 3.8) is 0 Å². The molecule has 1 aromatic carbocycles. The van der Waals surface area contributed by atoms with Crippen molar-refractivity contribution in [3.05, 3.63) is 65.2 Å². The van der Waals surface area contributed by atoms with E-state index >= 15 is 0 Å². The lowest BCUT2D eigenvalue weighted by atomic mass is 10.0. The second kappa shape index (κ2) is 8.86. The summed E-state index contributed by atoms with van der Waals surface area (Å²) in [6.07, 6.45) is -2.56. The lowest BCUT2D eigenvalue weighted by Crippen LogP contribution is -2.36. The normalized spacial score (nSPS) is 12.9. The molecule has 0 radical (unpaired) electrons. The van der Waals surface area contributed by atoms with Crippen LogP contribution >= 0.6 is 0 Å². The quantitative estimate of drug-likeness (QED) is 0.515. The number of aliphatic hydroxyl groups is 2. The fourth-order valence-corrected chi connectivity index (χ4v) is 2.12. The van der Waals surface area contributed by atoms with Crippen LogP contribution in [0.3, 0.4) is 0 Å². The zero-order chi connectivity index (χ0) is 18.2. The van der Waals surface area contributed by atoms with Crippen LogP contribution in [-0.2, 0) is 11.3 Å². The minimum atomic E-state index is -1.58. The lowest BCUT2D eigenvalue weighted by molar-refractivity contribution is 0.0178. The van der Waals surface area contributed by atoms with Crippen molar-refractivity contribution in [2.75, 3.05) is 6.54 Å². The number of carbonyl (C=O) groups excluding carboxylic acids is 2. The summed E-state index contributed by atoms with van der Waals surface area (Å²) in [6.45, 7) is -0.298. The van der Waals surface area contributed by atoms with Crippen LogP contribution in [-0.4, -0.2) is 40.2 Å². The van der Waals surface area contributed by atoms with E-state index in [-0.39, 0.29) is 25.0 Å². The topological polar surface area (TPSA) is 109 Å². The third-order valence-electron chi connectivity index (χ3n) is 3.44. The van der Waals surface area contributed by atoms with Gasteiger partial charge in [0.25, 0.3) is 0 Å². The fourth-order valence-electron chi connectivity index (χ4n) is 2.12. The number of hydrogen-bond donors (Lipinski definition) is 3. The molecule has 1 heterocycles. The molecule has 1 amide bonds. The zero-order valence-corrected chi connectivity index (χ0v) is 13.1. The van der Waals surface area contributed by atoms with Gasteiger partial charge in [-0.1, -0.05) is 30.3 Å². The van der Waals surface area contributed by atoms with Gasteiger partial charge in [-0.3, -0.25) is 4.79 Å². The molecule has 7 nitrogen and oxygen atoms in total. The minimum absolute atomic E-state index is 0.0518. The Hall–Kier alpha value is -2.84. The van der Waals surface area contributed by atoms with Crippen LogP contribution in [0.25, 0.3) is 0 Å². The summed E-state index contributed by atoms with van der Waals surface area (Å²) >= 11 is 0. The van der Waals surface area contributed by atoms with E-state index < -0.39 is 29.8 Å². The maximum Gasteiger partial charge on any atom is 0.407 e. The van der Waals surface area contributed by atoms with Crippen molar-refractivity contribution in [2.45, 2.75) is 18.8 Å². The first-order chi connectivity index (χ1) is 12.0. The van der Waals surface area contributed by atoms with Gasteiger partial charge in [0.05, 0.1) is 5.56 Å². The van der Waals surface area contributed by atoms with E-state index in [1.807, 2.05) is 6.07 Å². The Morgan fingerprint density at radius 2 is 2.00 bits per heavy atom. The number of hydrogen-bond acceptors (Lipinski definition) is 6. The maximum absolute atomic E-state index is 13.4. The minimum Gasteiger partial charge on any atom is -0.445 e. The number of aldehydes is 1. The second-order valence-electron chi connectivity index (χ2n) is 5.18. The average molecular weight is 348 g/mol. The van der Waals surface area contributed by atoms with Gasteiger partial charge in [0.15, 0.2) is 6.29 Å². The third kappa shape index (κ3) is 5.07. The number of nitrogens with one attached hydrogen (secondary N) is 1. The van der Waals surface area contributed by atoms with Gasteiger partial charge in [-0.2, -0.15) is 4.39 Å². The molecule has 0 saturated carbocycles. The highest BCUT2D eigenvalue weighted by molar-refractivity contribution is 5.77. The molecular formula is C17H17FN2O5. The molecule has 25 heavy (non-hydrogen) atoms. The standard InChI is InChI=1S/C17H17FN2O5/c18-16-13(9-21)12(6-7-19-16)15(23)14(22)8-20-17(24)25-10-11-4-2-1-3-5-11/h1-7,9,14-15,22-23H,8,10H2,(H,20,24). The largest absolute Gasteiger partial charge is 0.445 e. The summed E-state index contributed by atoms with van der Waals surface area (Å²) < 4.78 is 18.4. The van der Waals surface area contributed by atoms with Crippen molar-refractivity contribution in [3.8, 4) is 0 Å². The Morgan fingerprint density at radius 1 is 1.28 bits per heavy atom. The summed E-state index contributed by atoms with van der Waals surface area (Å²) in [5, 5.41) is 22.3. The van der Waals surface area contributed by atoms with Crippen LogP contribution < -0.4 is 5.32 Å². The van der Waals surface area contributed by atoms with Gasteiger partial charge in [0.2, 0.25) is 5.95 Å². The molecule has 0 aliphatic heterocycles. The van der Waals surface area contributed by atoms with Gasteiger partial charge >= 0.3 is 6.09 Å². The molecule has 0 saturated heterocycles. The van der Waals surface area contributed by atoms with Gasteiger partial charge in [-0.15, -0.1) is 0 Å². The molecule has 0 fully saturated rings. The van der Waals surface area contributed by atoms with E-state index in [9.17, 15) is 24.2 Å². The number of aliphatic hydroxyl groups excluding tert-OH is 2. The number of alkyl carbamates (subject to hydrolysis) is 1. The summed E-state index contributed by atoms with van der Waals surface area (Å²) in [5.41, 5.74) is 0.233. The van der Waals surface area contributed by atoms with E-state index in [0.29, 0.717) is 0 Å². The van der Waals surface area contributed by atoms with Crippen LogP contribution in [0.1, 0.15) is 27.6 Å². The smallest absolute Gasteiger partial charge is 0.407 e. The first kappa shape index (κ1) is 18.5. The van der Waals surface area contributed by atoms with Crippen LogP contribution in [0.2, 0.25) is 0 Å². The fraction of sp³-hybridized carbons (Fsp3) is 0.235. The van der Waals surface area contributed by atoms with Crippen LogP contribution in [0, 0.1) is 5.95 Å². The highest BCUT2D eigenvalue weighted by Gasteiger charge is 2.23. The Labute approximate surface area is 143 Å². The van der Waals surface area contributed by atoms with E-state index in [4.69, 9.17) is 4.74 Å². The second-order valence-corrected chi connectivity index (χ2v) is 5.18. The number of nitrogens with zero attached hydrogens (tertiary/aromatic N) is 1. The zero-order valence-electron chi connectivity index (χ0n) is 13.1. The highest BCUT2D eigenvalue weighted by atomic mass is 19.1. The van der Waals surface area contributed by atoms with Crippen LogP contribution in [0.15, 0.2) is 42.6 Å². The van der Waals surface area contributed by atoms with Crippen molar-refractivity contribution < 1.29 is 28.9 Å². The molecule has 0 spiro atoms. The van der Waals surface area contributed by atoms with Gasteiger partial charge in [0, 0.05) is 12.7 Å². The molecule has 2 rings (SSSR count). The number of benzene rings is 1. The molecule has 2 aromatic rings. The molecule has 8 heteroatoms. The summed E-state index contributed by atoms with van der Waals surface area (Å²) in [5.74, 6) is -1.05. The van der Waals surface area contributed by atoms with E-state index in [1.165, 1.54) is 6.07 Å². The number of aromatic nitrogens is 1. The molecule has 0 aliphatic carbocycles. The van der Waals surface area contributed by atoms with E-state index in [2.05, 4.69) is 10.3 Å². The molecule has 132 valence electrons. The average Bonchev–Trinajstić information content (AvgIpc) is 2.64. The molecule has 2 atom stereocenters.